The quantitative estimate of drug-likeness (QED) is 0.137. The van der Waals surface area contributed by atoms with Gasteiger partial charge in [0.2, 0.25) is 0 Å². The van der Waals surface area contributed by atoms with Crippen molar-refractivity contribution in [2.45, 2.75) is 6.92 Å². The van der Waals surface area contributed by atoms with Crippen LogP contribution in [0.3, 0.4) is 0 Å². The molecule has 3 aromatic carbocycles. The Morgan fingerprint density at radius 1 is 1.00 bits per heavy atom. The van der Waals surface area contributed by atoms with Crippen LogP contribution in [0.2, 0.25) is 5.02 Å². The Bertz CT molecular complexity index is 1320. The zero-order valence-electron chi connectivity index (χ0n) is 19.4. The van der Waals surface area contributed by atoms with E-state index in [1.165, 1.54) is 18.3 Å². The Kier molecular flexibility index (Phi) is 10.2. The molecule has 3 amide bonds. The molecule has 0 aliphatic rings. The van der Waals surface area contributed by atoms with Crippen molar-refractivity contribution in [3.8, 4) is 11.5 Å². The molecule has 0 radical (unpaired) electrons. The highest BCUT2D eigenvalue weighted by Crippen LogP contribution is 2.34. The normalized spacial score (nSPS) is 10.6. The molecule has 192 valence electrons. The third-order valence-corrected chi connectivity index (χ3v) is 5.51. The zero-order valence-corrected chi connectivity index (χ0v) is 22.3. The summed E-state index contributed by atoms with van der Waals surface area (Å²) in [5.41, 5.74) is 3.47. The predicted octanol–water partition coefficient (Wildman–Crippen LogP) is 4.59. The summed E-state index contributed by atoms with van der Waals surface area (Å²) in [6.45, 7) is 1.86. The number of halogens is 3. The molecule has 37 heavy (non-hydrogen) atoms. The van der Waals surface area contributed by atoms with E-state index in [-0.39, 0.29) is 18.2 Å². The molecule has 0 aromatic heterocycles. The van der Waals surface area contributed by atoms with E-state index in [0.29, 0.717) is 37.9 Å². The van der Waals surface area contributed by atoms with Gasteiger partial charge in [-0.1, -0.05) is 17.7 Å². The first-order valence-corrected chi connectivity index (χ1v) is 12.3. The molecule has 9 nitrogen and oxygen atoms in total. The van der Waals surface area contributed by atoms with Gasteiger partial charge in [-0.3, -0.25) is 14.4 Å². The van der Waals surface area contributed by atoms with Gasteiger partial charge in [0, 0.05) is 16.4 Å². The molecule has 0 aliphatic carbocycles. The van der Waals surface area contributed by atoms with Gasteiger partial charge >= 0.3 is 11.8 Å². The fraction of sp³-hybridized carbons (Fsp3) is 0.120. The van der Waals surface area contributed by atoms with E-state index in [1.807, 2.05) is 22.6 Å². The highest BCUT2D eigenvalue weighted by Gasteiger charge is 2.15. The van der Waals surface area contributed by atoms with Crippen LogP contribution in [0.5, 0.6) is 11.5 Å². The van der Waals surface area contributed by atoms with Crippen LogP contribution in [-0.4, -0.2) is 37.1 Å². The third kappa shape index (κ3) is 8.72. The summed E-state index contributed by atoms with van der Waals surface area (Å²) in [5.74, 6) is -2.09. The van der Waals surface area contributed by atoms with Crippen LogP contribution in [-0.2, 0) is 14.4 Å². The first kappa shape index (κ1) is 27.9. The molecule has 0 spiro atoms. The van der Waals surface area contributed by atoms with Crippen molar-refractivity contribution in [2.24, 2.45) is 5.10 Å². The molecule has 0 atom stereocenters. The van der Waals surface area contributed by atoms with Gasteiger partial charge in [0.05, 0.1) is 16.4 Å². The van der Waals surface area contributed by atoms with Crippen LogP contribution < -0.4 is 25.5 Å². The van der Waals surface area contributed by atoms with Gasteiger partial charge in [-0.15, -0.1) is 0 Å². The van der Waals surface area contributed by atoms with Crippen LogP contribution >= 0.6 is 34.2 Å². The Hall–Kier alpha value is -3.71. The molecular formula is C25H21ClFIN4O5. The van der Waals surface area contributed by atoms with Gasteiger partial charge < -0.3 is 20.1 Å². The smallest absolute Gasteiger partial charge is 0.329 e. The van der Waals surface area contributed by atoms with Crippen molar-refractivity contribution in [2.75, 3.05) is 23.8 Å². The van der Waals surface area contributed by atoms with E-state index >= 15 is 0 Å². The number of rotatable bonds is 9. The number of benzene rings is 3. The lowest BCUT2D eigenvalue weighted by Crippen LogP contribution is -2.32. The highest BCUT2D eigenvalue weighted by molar-refractivity contribution is 14.1. The van der Waals surface area contributed by atoms with E-state index in [9.17, 15) is 18.8 Å². The number of carbonyl (C=O) groups is 3. The van der Waals surface area contributed by atoms with Crippen molar-refractivity contribution in [3.05, 3.63) is 80.6 Å². The molecule has 0 heterocycles. The van der Waals surface area contributed by atoms with E-state index in [1.54, 1.807) is 43.3 Å². The van der Waals surface area contributed by atoms with E-state index < -0.39 is 17.6 Å². The van der Waals surface area contributed by atoms with Gasteiger partial charge in [-0.05, 0) is 89.7 Å². The fourth-order valence-corrected chi connectivity index (χ4v) is 3.88. The van der Waals surface area contributed by atoms with Gasteiger partial charge in [-0.25, -0.2) is 9.82 Å². The average Bonchev–Trinajstić information content (AvgIpc) is 2.85. The van der Waals surface area contributed by atoms with Crippen LogP contribution in [0.1, 0.15) is 12.5 Å². The number of hydrogen-bond donors (Lipinski definition) is 3. The maximum Gasteiger partial charge on any atom is 0.329 e. The van der Waals surface area contributed by atoms with Crippen LogP contribution in [0.25, 0.3) is 0 Å². The minimum absolute atomic E-state index is 0.262. The number of hydrogen-bond acceptors (Lipinski definition) is 6. The number of carbonyl (C=O) groups excluding carboxylic acids is 3. The van der Waals surface area contributed by atoms with Crippen LogP contribution in [0.15, 0.2) is 65.8 Å². The Balaban J connectivity index is 1.61. The van der Waals surface area contributed by atoms with Crippen LogP contribution in [0, 0.1) is 9.39 Å². The van der Waals surface area contributed by atoms with Crippen molar-refractivity contribution >= 4 is 69.5 Å². The summed E-state index contributed by atoms with van der Waals surface area (Å²) in [7, 11) is 0. The Morgan fingerprint density at radius 2 is 1.76 bits per heavy atom. The van der Waals surface area contributed by atoms with Gasteiger partial charge in [-0.2, -0.15) is 5.10 Å². The second kappa shape index (κ2) is 13.6. The zero-order chi connectivity index (χ0) is 26.8. The number of hydrazone groups is 1. The van der Waals surface area contributed by atoms with Crippen molar-refractivity contribution in [1.29, 1.82) is 0 Å². The molecule has 0 bridgehead atoms. The minimum Gasteiger partial charge on any atom is -0.490 e. The summed E-state index contributed by atoms with van der Waals surface area (Å²) in [6, 6.07) is 15.0. The maximum absolute atomic E-state index is 13.0. The molecule has 3 rings (SSSR count). The number of nitrogens with one attached hydrogen (secondary N) is 3. The van der Waals surface area contributed by atoms with Crippen molar-refractivity contribution < 1.29 is 28.2 Å². The van der Waals surface area contributed by atoms with Gasteiger partial charge in [0.15, 0.2) is 18.1 Å². The average molecular weight is 639 g/mol. The lowest BCUT2D eigenvalue weighted by Gasteiger charge is -2.14. The summed E-state index contributed by atoms with van der Waals surface area (Å²) in [5, 5.41) is 9.32. The monoisotopic (exact) mass is 638 g/mol. The largest absolute Gasteiger partial charge is 0.490 e. The summed E-state index contributed by atoms with van der Waals surface area (Å²) < 4.78 is 24.9. The molecular weight excluding hydrogens is 618 g/mol. The maximum atomic E-state index is 13.0. The predicted molar refractivity (Wildman–Crippen MR) is 147 cm³/mol. The Morgan fingerprint density at radius 3 is 2.46 bits per heavy atom. The second-order valence-corrected chi connectivity index (χ2v) is 8.87. The van der Waals surface area contributed by atoms with Gasteiger partial charge in [0.1, 0.15) is 5.82 Å². The highest BCUT2D eigenvalue weighted by atomic mass is 127. The molecule has 0 saturated carbocycles. The number of anilines is 2. The van der Waals surface area contributed by atoms with Gasteiger partial charge in [0.25, 0.3) is 5.91 Å². The molecule has 0 aliphatic heterocycles. The second-order valence-electron chi connectivity index (χ2n) is 7.27. The van der Waals surface area contributed by atoms with Crippen LogP contribution in [0.4, 0.5) is 15.8 Å². The lowest BCUT2D eigenvalue weighted by molar-refractivity contribution is -0.136. The molecule has 0 saturated heterocycles. The molecule has 12 heteroatoms. The van der Waals surface area contributed by atoms with E-state index in [0.717, 1.165) is 12.1 Å². The Labute approximate surface area is 230 Å². The molecule has 0 unspecified atom stereocenters. The molecule has 3 aromatic rings. The summed E-state index contributed by atoms with van der Waals surface area (Å²) >= 11 is 7.96. The first-order chi connectivity index (χ1) is 17.7. The van der Waals surface area contributed by atoms with Crippen molar-refractivity contribution in [1.82, 2.24) is 5.43 Å². The summed E-state index contributed by atoms with van der Waals surface area (Å²) in [6.07, 6.45) is 1.32. The third-order valence-electron chi connectivity index (χ3n) is 4.48. The van der Waals surface area contributed by atoms with E-state index in [2.05, 4.69) is 21.2 Å². The SMILES string of the molecule is CCOc1cc(/C=N\NC(=O)C(=O)Nc2ccc(F)cc2)cc(I)c1OCC(=O)Nc1cccc(Cl)c1. The number of ether oxygens (including phenoxy) is 2. The fourth-order valence-electron chi connectivity index (χ4n) is 2.90. The molecule has 3 N–H and O–H groups in total. The standard InChI is InChI=1S/C25H21ClFIN4O5/c1-2-36-21-11-15(13-29-32-25(35)24(34)31-18-8-6-17(27)7-9-18)10-20(28)23(21)37-14-22(33)30-19-5-3-4-16(26)12-19/h3-13H,2,14H2,1H3,(H,30,33)(H,31,34)(H,32,35)/b29-13-. The molecule has 0 fully saturated rings. The first-order valence-electron chi connectivity index (χ1n) is 10.8. The lowest BCUT2D eigenvalue weighted by atomic mass is 10.2. The number of amides is 3. The number of nitrogens with zero attached hydrogens (tertiary/aromatic N) is 1. The van der Waals surface area contributed by atoms with E-state index in [4.69, 9.17) is 21.1 Å². The van der Waals surface area contributed by atoms with Crippen molar-refractivity contribution in [3.63, 3.8) is 0 Å². The topological polar surface area (TPSA) is 118 Å². The summed E-state index contributed by atoms with van der Waals surface area (Å²) in [4.78, 5) is 36.3. The minimum atomic E-state index is -1.01.